The zero-order valence-electron chi connectivity index (χ0n) is 17.3. The largest absolute Gasteiger partial charge is 0.410 e. The Hall–Kier alpha value is -4.04. The zero-order chi connectivity index (χ0) is 24.6. The third kappa shape index (κ3) is 4.40. The van der Waals surface area contributed by atoms with Crippen molar-refractivity contribution in [3.05, 3.63) is 70.4 Å². The lowest BCUT2D eigenvalue weighted by Gasteiger charge is -2.37. The van der Waals surface area contributed by atoms with Crippen molar-refractivity contribution in [3.63, 3.8) is 0 Å². The summed E-state index contributed by atoms with van der Waals surface area (Å²) in [6.07, 6.45) is -4.77. The molecule has 1 aliphatic rings. The van der Waals surface area contributed by atoms with Gasteiger partial charge < -0.3 is 16.0 Å². The second-order valence-electron chi connectivity index (χ2n) is 7.53. The Morgan fingerprint density at radius 3 is 2.50 bits per heavy atom. The molecule has 1 unspecified atom stereocenters. The van der Waals surface area contributed by atoms with Crippen LogP contribution in [0.2, 0.25) is 5.02 Å². The second-order valence-corrected chi connectivity index (χ2v) is 7.97. The number of nitrogens with two attached hydrogens (primary N) is 1. The minimum atomic E-state index is -4.77. The van der Waals surface area contributed by atoms with Crippen molar-refractivity contribution in [2.75, 3.05) is 5.32 Å². The van der Waals surface area contributed by atoms with Crippen LogP contribution in [-0.4, -0.2) is 38.8 Å². The smallest absolute Gasteiger partial charge is 0.365 e. The first-order valence-electron chi connectivity index (χ1n) is 9.88. The SMILES string of the molecule is N#Cc1ccc(NC(=O)N2Cc3c(C(N)=O)c(-c4cccc(Cl)c4)nn3CC2C(F)(F)F)cc1. The number of rotatable bonds is 3. The van der Waals surface area contributed by atoms with Crippen LogP contribution in [-0.2, 0) is 13.1 Å². The first-order valence-corrected chi connectivity index (χ1v) is 10.3. The summed E-state index contributed by atoms with van der Waals surface area (Å²) in [7, 11) is 0. The van der Waals surface area contributed by atoms with Crippen LogP contribution < -0.4 is 11.1 Å². The predicted octanol–water partition coefficient (Wildman–Crippen LogP) is 4.15. The van der Waals surface area contributed by atoms with E-state index in [1.165, 1.54) is 30.3 Å². The maximum absolute atomic E-state index is 13.9. The minimum Gasteiger partial charge on any atom is -0.365 e. The molecule has 1 aliphatic heterocycles. The van der Waals surface area contributed by atoms with Crippen molar-refractivity contribution in [1.82, 2.24) is 14.7 Å². The number of carbonyl (C=O) groups excluding carboxylic acids is 2. The van der Waals surface area contributed by atoms with E-state index >= 15 is 0 Å². The monoisotopic (exact) mass is 488 g/mol. The van der Waals surface area contributed by atoms with Crippen LogP contribution in [0.3, 0.4) is 0 Å². The summed E-state index contributed by atoms with van der Waals surface area (Å²) in [6.45, 7) is -1.28. The number of alkyl halides is 3. The van der Waals surface area contributed by atoms with Crippen LogP contribution in [0.1, 0.15) is 21.6 Å². The van der Waals surface area contributed by atoms with E-state index in [9.17, 15) is 22.8 Å². The number of nitrogens with zero attached hydrogens (tertiary/aromatic N) is 4. The van der Waals surface area contributed by atoms with Gasteiger partial charge >= 0.3 is 12.2 Å². The molecular formula is C22H16ClF3N6O2. The van der Waals surface area contributed by atoms with E-state index in [-0.39, 0.29) is 22.6 Å². The highest BCUT2D eigenvalue weighted by Crippen LogP contribution is 2.35. The van der Waals surface area contributed by atoms with E-state index in [1.54, 1.807) is 18.2 Å². The number of hydrogen-bond acceptors (Lipinski definition) is 4. The van der Waals surface area contributed by atoms with Gasteiger partial charge in [-0.3, -0.25) is 9.48 Å². The lowest BCUT2D eigenvalue weighted by molar-refractivity contribution is -0.184. The lowest BCUT2D eigenvalue weighted by atomic mass is 10.0. The number of benzene rings is 2. The van der Waals surface area contributed by atoms with Gasteiger partial charge in [-0.2, -0.15) is 23.5 Å². The summed E-state index contributed by atoms with van der Waals surface area (Å²) >= 11 is 6.02. The number of hydrogen-bond donors (Lipinski definition) is 2. The Balaban J connectivity index is 1.74. The molecule has 0 spiro atoms. The molecule has 12 heteroatoms. The Labute approximate surface area is 196 Å². The molecule has 0 radical (unpaired) electrons. The molecule has 3 aromatic rings. The molecule has 2 heterocycles. The van der Waals surface area contributed by atoms with Crippen molar-refractivity contribution < 1.29 is 22.8 Å². The Morgan fingerprint density at radius 2 is 1.91 bits per heavy atom. The molecule has 174 valence electrons. The summed E-state index contributed by atoms with van der Waals surface area (Å²) in [5, 5.41) is 15.8. The molecule has 0 saturated heterocycles. The van der Waals surface area contributed by atoms with Gasteiger partial charge in [0, 0.05) is 16.3 Å². The molecular weight excluding hydrogens is 473 g/mol. The van der Waals surface area contributed by atoms with E-state index in [1.807, 2.05) is 6.07 Å². The van der Waals surface area contributed by atoms with Crippen molar-refractivity contribution in [3.8, 4) is 17.3 Å². The number of halogens is 4. The summed E-state index contributed by atoms with van der Waals surface area (Å²) in [5.74, 6) is -0.894. The standard InChI is InChI=1S/C22H16ClF3N6O2/c23-14-3-1-2-13(8-14)19-18(20(28)33)16-10-31(17(22(24,25)26)11-32(16)30-19)21(34)29-15-6-4-12(9-27)5-7-15/h1-8,17H,10-11H2,(H2,28,33)(H,29,34). The van der Waals surface area contributed by atoms with Crippen molar-refractivity contribution in [2.45, 2.75) is 25.3 Å². The number of primary amides is 1. The molecule has 3 amide bonds. The Bertz CT molecular complexity index is 1310. The predicted molar refractivity (Wildman–Crippen MR) is 117 cm³/mol. The highest BCUT2D eigenvalue weighted by Gasteiger charge is 2.49. The molecule has 8 nitrogen and oxygen atoms in total. The third-order valence-corrected chi connectivity index (χ3v) is 5.58. The zero-order valence-corrected chi connectivity index (χ0v) is 18.1. The van der Waals surface area contributed by atoms with Gasteiger partial charge in [-0.1, -0.05) is 23.7 Å². The number of fused-ring (bicyclic) bond motifs is 1. The van der Waals surface area contributed by atoms with E-state index in [0.717, 1.165) is 4.68 Å². The van der Waals surface area contributed by atoms with E-state index in [0.29, 0.717) is 21.0 Å². The van der Waals surface area contributed by atoms with Gasteiger partial charge in [-0.25, -0.2) is 4.79 Å². The highest BCUT2D eigenvalue weighted by atomic mass is 35.5. The molecule has 34 heavy (non-hydrogen) atoms. The molecule has 1 aromatic heterocycles. The summed E-state index contributed by atoms with van der Waals surface area (Å²) in [5.41, 5.74) is 6.58. The van der Waals surface area contributed by atoms with Gasteiger partial charge in [0.1, 0.15) is 11.7 Å². The molecule has 0 fully saturated rings. The van der Waals surface area contributed by atoms with Crippen LogP contribution >= 0.6 is 11.6 Å². The fourth-order valence-corrected chi connectivity index (χ4v) is 3.95. The average molecular weight is 489 g/mol. The van der Waals surface area contributed by atoms with Crippen LogP contribution in [0.4, 0.5) is 23.7 Å². The minimum absolute atomic E-state index is 0.0814. The normalized spacial score (nSPS) is 15.4. The van der Waals surface area contributed by atoms with Crippen LogP contribution in [0.25, 0.3) is 11.3 Å². The Morgan fingerprint density at radius 1 is 1.21 bits per heavy atom. The summed E-state index contributed by atoms with van der Waals surface area (Å²) in [6, 6.07) is 10.6. The van der Waals surface area contributed by atoms with Crippen molar-refractivity contribution >= 4 is 29.2 Å². The highest BCUT2D eigenvalue weighted by molar-refractivity contribution is 6.30. The van der Waals surface area contributed by atoms with Crippen molar-refractivity contribution in [1.29, 1.82) is 5.26 Å². The first-order chi connectivity index (χ1) is 16.1. The van der Waals surface area contributed by atoms with Gasteiger partial charge in [0.05, 0.1) is 36.0 Å². The van der Waals surface area contributed by atoms with Crippen LogP contribution in [0.15, 0.2) is 48.5 Å². The van der Waals surface area contributed by atoms with Crippen LogP contribution in [0.5, 0.6) is 0 Å². The lowest BCUT2D eigenvalue weighted by Crippen LogP contribution is -2.55. The number of amides is 3. The fraction of sp³-hybridized carbons (Fsp3) is 0.182. The maximum Gasteiger partial charge on any atom is 0.410 e. The summed E-state index contributed by atoms with van der Waals surface area (Å²) in [4.78, 5) is 25.8. The van der Waals surface area contributed by atoms with Gasteiger partial charge in [0.15, 0.2) is 0 Å². The molecule has 0 aliphatic carbocycles. The number of nitriles is 1. The number of aromatic nitrogens is 2. The average Bonchev–Trinajstić information content (AvgIpc) is 3.17. The van der Waals surface area contributed by atoms with E-state index in [2.05, 4.69) is 10.4 Å². The molecule has 1 atom stereocenters. The van der Waals surface area contributed by atoms with Gasteiger partial charge in [0.2, 0.25) is 0 Å². The van der Waals surface area contributed by atoms with E-state index < -0.39 is 37.2 Å². The molecule has 0 bridgehead atoms. The summed E-state index contributed by atoms with van der Waals surface area (Å²) < 4.78 is 42.8. The van der Waals surface area contributed by atoms with Crippen molar-refractivity contribution in [2.24, 2.45) is 5.73 Å². The fourth-order valence-electron chi connectivity index (χ4n) is 3.76. The number of carbonyl (C=O) groups is 2. The number of nitrogens with one attached hydrogen (secondary N) is 1. The quantitative estimate of drug-likeness (QED) is 0.575. The van der Waals surface area contributed by atoms with Gasteiger partial charge in [0.25, 0.3) is 5.91 Å². The first kappa shape index (κ1) is 23.1. The molecule has 3 N–H and O–H groups in total. The van der Waals surface area contributed by atoms with Gasteiger partial charge in [-0.05, 0) is 36.4 Å². The van der Waals surface area contributed by atoms with Crippen LogP contribution in [0, 0.1) is 11.3 Å². The molecule has 4 rings (SSSR count). The molecule has 2 aromatic carbocycles. The number of urea groups is 1. The maximum atomic E-state index is 13.9. The van der Waals surface area contributed by atoms with Gasteiger partial charge in [-0.15, -0.1) is 0 Å². The molecule has 0 saturated carbocycles. The Kier molecular flexibility index (Phi) is 5.93. The number of anilines is 1. The van der Waals surface area contributed by atoms with E-state index in [4.69, 9.17) is 22.6 Å². The second kappa shape index (κ2) is 8.72. The third-order valence-electron chi connectivity index (χ3n) is 5.35. The topological polar surface area (TPSA) is 117 Å².